The standard InChI is InChI=1S/C14H17NO6/c1-3-15(4-2)13(16)7-19-10-6-12-11(20-8-21-12)5-9(10)14(17)18/h5-6H,3-4,7-8H2,1-2H3,(H,17,18). The lowest BCUT2D eigenvalue weighted by molar-refractivity contribution is -0.133. The van der Waals surface area contributed by atoms with Crippen molar-refractivity contribution in [2.45, 2.75) is 13.8 Å². The van der Waals surface area contributed by atoms with Crippen LogP contribution in [0.4, 0.5) is 0 Å². The number of benzene rings is 1. The van der Waals surface area contributed by atoms with Gasteiger partial charge in [0.2, 0.25) is 6.79 Å². The van der Waals surface area contributed by atoms with Crippen LogP contribution in [0, 0.1) is 0 Å². The van der Waals surface area contributed by atoms with Crippen molar-refractivity contribution in [3.8, 4) is 17.2 Å². The van der Waals surface area contributed by atoms with Gasteiger partial charge in [-0.15, -0.1) is 0 Å². The minimum absolute atomic E-state index is 0.0379. The van der Waals surface area contributed by atoms with Gasteiger partial charge in [0, 0.05) is 25.2 Å². The number of aromatic carboxylic acids is 1. The summed E-state index contributed by atoms with van der Waals surface area (Å²) in [6.45, 7) is 4.70. The number of fused-ring (bicyclic) bond motifs is 1. The highest BCUT2D eigenvalue weighted by Gasteiger charge is 2.22. The summed E-state index contributed by atoms with van der Waals surface area (Å²) < 4.78 is 15.7. The van der Waals surface area contributed by atoms with E-state index in [2.05, 4.69) is 0 Å². The maximum Gasteiger partial charge on any atom is 0.339 e. The largest absolute Gasteiger partial charge is 0.483 e. The molecule has 7 heteroatoms. The SMILES string of the molecule is CCN(CC)C(=O)COc1cc2c(cc1C(=O)O)OCO2. The van der Waals surface area contributed by atoms with E-state index in [0.29, 0.717) is 24.6 Å². The molecule has 1 aromatic rings. The first-order valence-electron chi connectivity index (χ1n) is 6.64. The molecule has 0 saturated heterocycles. The van der Waals surface area contributed by atoms with Gasteiger partial charge in [-0.05, 0) is 13.8 Å². The molecule has 0 aromatic heterocycles. The van der Waals surface area contributed by atoms with Gasteiger partial charge in [-0.1, -0.05) is 0 Å². The highest BCUT2D eigenvalue weighted by molar-refractivity contribution is 5.92. The third-order valence-electron chi connectivity index (χ3n) is 3.17. The maximum absolute atomic E-state index is 11.9. The van der Waals surface area contributed by atoms with Crippen LogP contribution in [0.25, 0.3) is 0 Å². The summed E-state index contributed by atoms with van der Waals surface area (Å²) >= 11 is 0. The lowest BCUT2D eigenvalue weighted by Crippen LogP contribution is -2.34. The van der Waals surface area contributed by atoms with Crippen LogP contribution in [-0.4, -0.2) is 48.4 Å². The van der Waals surface area contributed by atoms with E-state index in [9.17, 15) is 14.7 Å². The Morgan fingerprint density at radius 3 is 2.43 bits per heavy atom. The number of likely N-dealkylation sites (N-methyl/N-ethyl adjacent to an activating group) is 1. The predicted molar refractivity (Wildman–Crippen MR) is 72.9 cm³/mol. The first-order chi connectivity index (χ1) is 10.1. The van der Waals surface area contributed by atoms with Gasteiger partial charge in [-0.3, -0.25) is 4.79 Å². The summed E-state index contributed by atoms with van der Waals surface area (Å²) in [5.41, 5.74) is -0.0633. The molecule has 1 heterocycles. The number of carbonyl (C=O) groups excluding carboxylic acids is 1. The van der Waals surface area contributed by atoms with Crippen molar-refractivity contribution < 1.29 is 28.9 Å². The first-order valence-corrected chi connectivity index (χ1v) is 6.64. The van der Waals surface area contributed by atoms with Gasteiger partial charge in [0.25, 0.3) is 5.91 Å². The average Bonchev–Trinajstić information content (AvgIpc) is 2.92. The molecule has 1 N–H and O–H groups in total. The zero-order valence-electron chi connectivity index (χ0n) is 11.9. The minimum atomic E-state index is -1.15. The van der Waals surface area contributed by atoms with E-state index in [1.807, 2.05) is 13.8 Å². The molecule has 0 spiro atoms. The van der Waals surface area contributed by atoms with E-state index in [0.717, 1.165) is 0 Å². The van der Waals surface area contributed by atoms with Crippen molar-refractivity contribution in [2.24, 2.45) is 0 Å². The zero-order valence-corrected chi connectivity index (χ0v) is 11.9. The van der Waals surface area contributed by atoms with Crippen LogP contribution in [0.1, 0.15) is 24.2 Å². The third-order valence-corrected chi connectivity index (χ3v) is 3.17. The van der Waals surface area contributed by atoms with E-state index in [1.54, 1.807) is 4.90 Å². The number of carbonyl (C=O) groups is 2. The number of hydrogen-bond donors (Lipinski definition) is 1. The fourth-order valence-corrected chi connectivity index (χ4v) is 2.02. The molecular weight excluding hydrogens is 278 g/mol. The summed E-state index contributed by atoms with van der Waals surface area (Å²) in [4.78, 5) is 24.7. The summed E-state index contributed by atoms with van der Waals surface area (Å²) in [5.74, 6) is -0.500. The summed E-state index contributed by atoms with van der Waals surface area (Å²) in [5, 5.41) is 9.19. The van der Waals surface area contributed by atoms with Gasteiger partial charge >= 0.3 is 5.97 Å². The number of ether oxygens (including phenoxy) is 3. The number of carboxylic acids is 1. The summed E-state index contributed by atoms with van der Waals surface area (Å²) in [6.07, 6.45) is 0. The molecule has 114 valence electrons. The molecule has 0 bridgehead atoms. The first kappa shape index (κ1) is 15.0. The molecule has 1 aromatic carbocycles. The number of amides is 1. The van der Waals surface area contributed by atoms with Crippen molar-refractivity contribution >= 4 is 11.9 Å². The molecule has 1 aliphatic rings. The van der Waals surface area contributed by atoms with Crippen molar-refractivity contribution in [1.29, 1.82) is 0 Å². The number of nitrogens with zero attached hydrogens (tertiary/aromatic N) is 1. The Bertz CT molecular complexity index is 553. The minimum Gasteiger partial charge on any atom is -0.483 e. The van der Waals surface area contributed by atoms with Crippen LogP contribution in [-0.2, 0) is 4.79 Å². The smallest absolute Gasteiger partial charge is 0.339 e. The Labute approximate surface area is 122 Å². The van der Waals surface area contributed by atoms with E-state index in [4.69, 9.17) is 14.2 Å². The molecule has 0 atom stereocenters. The number of hydrogen-bond acceptors (Lipinski definition) is 5. The second-order valence-corrected chi connectivity index (χ2v) is 4.36. The second kappa shape index (κ2) is 6.34. The fraction of sp³-hybridized carbons (Fsp3) is 0.429. The van der Waals surface area contributed by atoms with Gasteiger partial charge in [0.1, 0.15) is 11.3 Å². The highest BCUT2D eigenvalue weighted by Crippen LogP contribution is 2.38. The van der Waals surface area contributed by atoms with Gasteiger partial charge < -0.3 is 24.2 Å². The fourth-order valence-electron chi connectivity index (χ4n) is 2.02. The van der Waals surface area contributed by atoms with E-state index in [-0.39, 0.29) is 30.6 Å². The quantitative estimate of drug-likeness (QED) is 0.853. The van der Waals surface area contributed by atoms with E-state index < -0.39 is 5.97 Å². The molecule has 1 amide bonds. The van der Waals surface area contributed by atoms with Crippen LogP contribution < -0.4 is 14.2 Å². The van der Waals surface area contributed by atoms with Gasteiger partial charge in [-0.25, -0.2) is 4.79 Å². The van der Waals surface area contributed by atoms with Crippen molar-refractivity contribution in [2.75, 3.05) is 26.5 Å². The Morgan fingerprint density at radius 1 is 1.24 bits per heavy atom. The Balaban J connectivity index is 2.16. The maximum atomic E-state index is 11.9. The molecular formula is C14H17NO6. The normalized spacial score (nSPS) is 12.1. The van der Waals surface area contributed by atoms with Crippen LogP contribution in [0.2, 0.25) is 0 Å². The lowest BCUT2D eigenvalue weighted by Gasteiger charge is -2.19. The van der Waals surface area contributed by atoms with Gasteiger partial charge in [-0.2, -0.15) is 0 Å². The van der Waals surface area contributed by atoms with Crippen molar-refractivity contribution in [1.82, 2.24) is 4.90 Å². The van der Waals surface area contributed by atoms with Crippen molar-refractivity contribution in [3.63, 3.8) is 0 Å². The summed E-state index contributed by atoms with van der Waals surface area (Å²) in [7, 11) is 0. The predicted octanol–water partition coefficient (Wildman–Crippen LogP) is 1.36. The molecule has 0 aliphatic carbocycles. The van der Waals surface area contributed by atoms with Crippen LogP contribution >= 0.6 is 0 Å². The molecule has 0 saturated carbocycles. The lowest BCUT2D eigenvalue weighted by atomic mass is 10.2. The van der Waals surface area contributed by atoms with Crippen LogP contribution in [0.3, 0.4) is 0 Å². The topological polar surface area (TPSA) is 85.3 Å². The number of carboxylic acid groups (broad SMARTS) is 1. The summed E-state index contributed by atoms with van der Waals surface area (Å²) in [6, 6.07) is 2.77. The Hall–Kier alpha value is -2.44. The van der Waals surface area contributed by atoms with E-state index in [1.165, 1.54) is 12.1 Å². The van der Waals surface area contributed by atoms with Crippen molar-refractivity contribution in [3.05, 3.63) is 17.7 Å². The van der Waals surface area contributed by atoms with Crippen LogP contribution in [0.5, 0.6) is 17.2 Å². The molecule has 0 fully saturated rings. The molecule has 0 radical (unpaired) electrons. The zero-order chi connectivity index (χ0) is 15.4. The van der Waals surface area contributed by atoms with Gasteiger partial charge in [0.05, 0.1) is 0 Å². The monoisotopic (exact) mass is 295 g/mol. The molecule has 21 heavy (non-hydrogen) atoms. The molecule has 0 unspecified atom stereocenters. The second-order valence-electron chi connectivity index (χ2n) is 4.36. The highest BCUT2D eigenvalue weighted by atomic mass is 16.7. The Morgan fingerprint density at radius 2 is 1.86 bits per heavy atom. The number of rotatable bonds is 6. The third kappa shape index (κ3) is 3.18. The average molecular weight is 295 g/mol. The van der Waals surface area contributed by atoms with Gasteiger partial charge in [0.15, 0.2) is 18.1 Å². The Kier molecular flexibility index (Phi) is 4.52. The van der Waals surface area contributed by atoms with Crippen LogP contribution in [0.15, 0.2) is 12.1 Å². The molecule has 2 rings (SSSR count). The molecule has 1 aliphatic heterocycles. The molecule has 7 nitrogen and oxygen atoms in total. The van der Waals surface area contributed by atoms with E-state index >= 15 is 0 Å².